The fraction of sp³-hybridized carbons (Fsp3) is 1.00. The molecule has 2 nitrogen and oxygen atoms in total. The molecule has 1 unspecified atom stereocenters. The molecule has 1 fully saturated rings. The first kappa shape index (κ1) is 12.0. The first-order valence-corrected chi connectivity index (χ1v) is 6.10. The first-order valence-electron chi connectivity index (χ1n) is 6.10. The molecule has 14 heavy (non-hydrogen) atoms. The van der Waals surface area contributed by atoms with Gasteiger partial charge in [-0.25, -0.2) is 0 Å². The molecule has 1 aliphatic rings. The van der Waals surface area contributed by atoms with E-state index in [9.17, 15) is 0 Å². The van der Waals surface area contributed by atoms with Gasteiger partial charge >= 0.3 is 0 Å². The maximum absolute atomic E-state index is 5.47. The van der Waals surface area contributed by atoms with Crippen LogP contribution in [0.25, 0.3) is 0 Å². The molecule has 1 atom stereocenters. The van der Waals surface area contributed by atoms with E-state index >= 15 is 0 Å². The summed E-state index contributed by atoms with van der Waals surface area (Å²) >= 11 is 0. The highest BCUT2D eigenvalue weighted by atomic mass is 16.7. The molecule has 1 rings (SSSR count). The molecule has 0 N–H and O–H groups in total. The van der Waals surface area contributed by atoms with Crippen molar-refractivity contribution in [2.45, 2.75) is 58.7 Å². The van der Waals surface area contributed by atoms with E-state index in [0.717, 1.165) is 25.6 Å². The SMILES string of the molecule is CCCCCC(CC)CC1OCCO1. The smallest absolute Gasteiger partial charge is 0.158 e. The highest BCUT2D eigenvalue weighted by Gasteiger charge is 2.19. The zero-order valence-corrected chi connectivity index (χ0v) is 9.63. The van der Waals surface area contributed by atoms with Crippen molar-refractivity contribution in [3.8, 4) is 0 Å². The van der Waals surface area contributed by atoms with Crippen LogP contribution in [-0.2, 0) is 9.47 Å². The van der Waals surface area contributed by atoms with Gasteiger partial charge in [0.2, 0.25) is 0 Å². The van der Waals surface area contributed by atoms with Crippen molar-refractivity contribution in [1.82, 2.24) is 0 Å². The monoisotopic (exact) mass is 200 g/mol. The van der Waals surface area contributed by atoms with Gasteiger partial charge in [-0.1, -0.05) is 46.0 Å². The van der Waals surface area contributed by atoms with Crippen LogP contribution in [0.15, 0.2) is 0 Å². The molecule has 2 heteroatoms. The van der Waals surface area contributed by atoms with E-state index in [1.54, 1.807) is 0 Å². The molecule has 0 amide bonds. The number of hydrogen-bond donors (Lipinski definition) is 0. The predicted octanol–water partition coefficient (Wildman–Crippen LogP) is 3.36. The first-order chi connectivity index (χ1) is 6.86. The van der Waals surface area contributed by atoms with Crippen LogP contribution in [0.5, 0.6) is 0 Å². The van der Waals surface area contributed by atoms with Crippen LogP contribution in [0.3, 0.4) is 0 Å². The van der Waals surface area contributed by atoms with Crippen LogP contribution in [0, 0.1) is 5.92 Å². The summed E-state index contributed by atoms with van der Waals surface area (Å²) in [5.41, 5.74) is 0. The maximum Gasteiger partial charge on any atom is 0.158 e. The molecule has 1 saturated heterocycles. The van der Waals surface area contributed by atoms with Crippen molar-refractivity contribution in [2.75, 3.05) is 13.2 Å². The van der Waals surface area contributed by atoms with Crippen molar-refractivity contribution < 1.29 is 9.47 Å². The maximum atomic E-state index is 5.47. The Morgan fingerprint density at radius 1 is 1.14 bits per heavy atom. The zero-order chi connectivity index (χ0) is 10.2. The van der Waals surface area contributed by atoms with Crippen LogP contribution in [0.4, 0.5) is 0 Å². The molecule has 0 aliphatic carbocycles. The zero-order valence-electron chi connectivity index (χ0n) is 9.63. The lowest BCUT2D eigenvalue weighted by molar-refractivity contribution is -0.0580. The molecule has 0 aromatic rings. The van der Waals surface area contributed by atoms with E-state index in [2.05, 4.69) is 13.8 Å². The quantitative estimate of drug-likeness (QED) is 0.587. The lowest BCUT2D eigenvalue weighted by atomic mass is 9.95. The van der Waals surface area contributed by atoms with E-state index in [1.165, 1.54) is 32.1 Å². The van der Waals surface area contributed by atoms with Gasteiger partial charge < -0.3 is 9.47 Å². The Morgan fingerprint density at radius 3 is 2.43 bits per heavy atom. The van der Waals surface area contributed by atoms with Crippen LogP contribution in [-0.4, -0.2) is 19.5 Å². The van der Waals surface area contributed by atoms with Gasteiger partial charge in [-0.2, -0.15) is 0 Å². The number of unbranched alkanes of at least 4 members (excludes halogenated alkanes) is 2. The van der Waals surface area contributed by atoms with Gasteiger partial charge in [0.25, 0.3) is 0 Å². The van der Waals surface area contributed by atoms with Gasteiger partial charge in [0.15, 0.2) is 6.29 Å². The second-order valence-corrected chi connectivity index (χ2v) is 4.18. The van der Waals surface area contributed by atoms with Gasteiger partial charge in [-0.05, 0) is 5.92 Å². The molecule has 0 radical (unpaired) electrons. The van der Waals surface area contributed by atoms with Gasteiger partial charge in [0.05, 0.1) is 13.2 Å². The standard InChI is InChI=1S/C12H24O2/c1-3-5-6-7-11(4-2)10-12-13-8-9-14-12/h11-12H,3-10H2,1-2H3. The number of hydrogen-bond acceptors (Lipinski definition) is 2. The molecule has 84 valence electrons. The third kappa shape index (κ3) is 4.43. The summed E-state index contributed by atoms with van der Waals surface area (Å²) in [6, 6.07) is 0. The van der Waals surface area contributed by atoms with Crippen molar-refractivity contribution in [3.63, 3.8) is 0 Å². The van der Waals surface area contributed by atoms with Crippen LogP contribution >= 0.6 is 0 Å². The van der Waals surface area contributed by atoms with E-state index in [1.807, 2.05) is 0 Å². The third-order valence-electron chi connectivity index (χ3n) is 3.01. The second-order valence-electron chi connectivity index (χ2n) is 4.18. The predicted molar refractivity (Wildman–Crippen MR) is 58.2 cm³/mol. The van der Waals surface area contributed by atoms with Gasteiger partial charge in [-0.15, -0.1) is 0 Å². The van der Waals surface area contributed by atoms with Crippen molar-refractivity contribution in [1.29, 1.82) is 0 Å². The van der Waals surface area contributed by atoms with Crippen LogP contribution in [0.1, 0.15) is 52.4 Å². The Balaban J connectivity index is 2.10. The largest absolute Gasteiger partial charge is 0.350 e. The Hall–Kier alpha value is -0.0800. The minimum absolute atomic E-state index is 0.0987. The van der Waals surface area contributed by atoms with Crippen LogP contribution in [0.2, 0.25) is 0 Å². The van der Waals surface area contributed by atoms with E-state index in [-0.39, 0.29) is 6.29 Å². The molecule has 0 saturated carbocycles. The topological polar surface area (TPSA) is 18.5 Å². The summed E-state index contributed by atoms with van der Waals surface area (Å²) in [4.78, 5) is 0. The van der Waals surface area contributed by atoms with Gasteiger partial charge in [0, 0.05) is 6.42 Å². The van der Waals surface area contributed by atoms with E-state index in [0.29, 0.717) is 0 Å². The Labute approximate surface area is 88.0 Å². The molecule has 0 aromatic heterocycles. The summed E-state index contributed by atoms with van der Waals surface area (Å²) < 4.78 is 10.9. The normalized spacial score (nSPS) is 20.1. The van der Waals surface area contributed by atoms with Crippen molar-refractivity contribution in [2.24, 2.45) is 5.92 Å². The summed E-state index contributed by atoms with van der Waals surface area (Å²) in [6.07, 6.45) is 7.83. The average molecular weight is 200 g/mol. The van der Waals surface area contributed by atoms with Crippen molar-refractivity contribution >= 4 is 0 Å². The summed E-state index contributed by atoms with van der Waals surface area (Å²) in [7, 11) is 0. The summed E-state index contributed by atoms with van der Waals surface area (Å²) in [5, 5.41) is 0. The minimum Gasteiger partial charge on any atom is -0.350 e. The lowest BCUT2D eigenvalue weighted by Gasteiger charge is -2.17. The molecule has 0 aromatic carbocycles. The summed E-state index contributed by atoms with van der Waals surface area (Å²) in [6.45, 7) is 6.10. The Morgan fingerprint density at radius 2 is 1.86 bits per heavy atom. The molecule has 0 spiro atoms. The molecular formula is C12H24O2. The number of ether oxygens (including phenoxy) is 2. The molecule has 1 aliphatic heterocycles. The lowest BCUT2D eigenvalue weighted by Crippen LogP contribution is -2.14. The van der Waals surface area contributed by atoms with E-state index < -0.39 is 0 Å². The molecular weight excluding hydrogens is 176 g/mol. The van der Waals surface area contributed by atoms with E-state index in [4.69, 9.17) is 9.47 Å². The van der Waals surface area contributed by atoms with Gasteiger partial charge in [-0.3, -0.25) is 0 Å². The fourth-order valence-electron chi connectivity index (χ4n) is 1.99. The Bertz CT molecular complexity index is 130. The average Bonchev–Trinajstić information content (AvgIpc) is 2.69. The van der Waals surface area contributed by atoms with Crippen LogP contribution < -0.4 is 0 Å². The van der Waals surface area contributed by atoms with Gasteiger partial charge in [0.1, 0.15) is 0 Å². The summed E-state index contributed by atoms with van der Waals surface area (Å²) in [5.74, 6) is 0.796. The number of rotatable bonds is 7. The minimum atomic E-state index is 0.0987. The van der Waals surface area contributed by atoms with Crippen molar-refractivity contribution in [3.05, 3.63) is 0 Å². The molecule has 0 bridgehead atoms. The fourth-order valence-corrected chi connectivity index (χ4v) is 1.99. The second kappa shape index (κ2) is 7.24. The highest BCUT2D eigenvalue weighted by molar-refractivity contribution is 4.62. The highest BCUT2D eigenvalue weighted by Crippen LogP contribution is 2.22. The Kier molecular flexibility index (Phi) is 6.20. The molecule has 1 heterocycles. The third-order valence-corrected chi connectivity index (χ3v) is 3.01.